The Morgan fingerprint density at radius 1 is 1.19 bits per heavy atom. The number of nitrogens with one attached hydrogen (secondary N) is 4. The summed E-state index contributed by atoms with van der Waals surface area (Å²) in [6.07, 6.45) is 3.00. The fraction of sp³-hybridized carbons (Fsp3) is 0.520. The fourth-order valence-electron chi connectivity index (χ4n) is 4.80. The van der Waals surface area contributed by atoms with E-state index in [1.807, 2.05) is 13.8 Å². The standard InChI is InChI=1S/C25H32ClN5O5/c1-25(2)11-13(22(33)31-25)9-16(21(27)32)29-23(34)17(8-12-4-5-12)30-24(35)18-10-14-19(36-3)7-6-15(26)20(14)28-18/h6-7,10,12-13,16-17,28H,4-5,8-9,11H2,1-3H3,(H2,27,32)(H,29,34)(H,30,35)(H,31,33). The van der Waals surface area contributed by atoms with E-state index in [0.717, 1.165) is 12.8 Å². The van der Waals surface area contributed by atoms with E-state index in [1.54, 1.807) is 18.2 Å². The van der Waals surface area contributed by atoms with E-state index in [-0.39, 0.29) is 23.6 Å². The van der Waals surface area contributed by atoms with E-state index in [2.05, 4.69) is 20.9 Å². The molecule has 1 saturated carbocycles. The van der Waals surface area contributed by atoms with Gasteiger partial charge in [-0.25, -0.2) is 0 Å². The van der Waals surface area contributed by atoms with Crippen molar-refractivity contribution >= 4 is 46.1 Å². The maximum atomic E-state index is 13.2. The number of carbonyl (C=O) groups is 4. The lowest BCUT2D eigenvalue weighted by Crippen LogP contribution is -2.53. The molecule has 2 heterocycles. The number of amides is 4. The minimum atomic E-state index is -1.03. The molecule has 2 aromatic rings. The first-order valence-electron chi connectivity index (χ1n) is 12.0. The average molecular weight is 518 g/mol. The van der Waals surface area contributed by atoms with Gasteiger partial charge in [-0.1, -0.05) is 24.4 Å². The van der Waals surface area contributed by atoms with Crippen LogP contribution in [0.2, 0.25) is 5.02 Å². The number of primary amides is 1. The molecule has 3 unspecified atom stereocenters. The van der Waals surface area contributed by atoms with Crippen molar-refractivity contribution in [3.05, 3.63) is 28.9 Å². The van der Waals surface area contributed by atoms with Crippen molar-refractivity contribution in [2.45, 2.75) is 63.6 Å². The molecular formula is C25H32ClN5O5. The van der Waals surface area contributed by atoms with Gasteiger partial charge in [-0.05, 0) is 57.2 Å². The van der Waals surface area contributed by atoms with Crippen molar-refractivity contribution in [1.29, 1.82) is 0 Å². The molecular weight excluding hydrogens is 486 g/mol. The van der Waals surface area contributed by atoms with Crippen LogP contribution in [0.25, 0.3) is 10.9 Å². The van der Waals surface area contributed by atoms with E-state index in [0.29, 0.717) is 40.4 Å². The van der Waals surface area contributed by atoms with Crippen LogP contribution < -0.4 is 26.4 Å². The van der Waals surface area contributed by atoms with Crippen LogP contribution in [0.3, 0.4) is 0 Å². The highest BCUT2D eigenvalue weighted by atomic mass is 35.5. The molecule has 6 N–H and O–H groups in total. The number of hydrogen-bond acceptors (Lipinski definition) is 5. The smallest absolute Gasteiger partial charge is 0.268 e. The van der Waals surface area contributed by atoms with Gasteiger partial charge in [-0.15, -0.1) is 0 Å². The SMILES string of the molecule is COc1ccc(Cl)c2[nH]c(C(=O)NC(CC3CC3)C(=O)NC(CC3CC(C)(C)NC3=O)C(N)=O)cc12. The van der Waals surface area contributed by atoms with Crippen LogP contribution in [-0.4, -0.2) is 53.3 Å². The van der Waals surface area contributed by atoms with Crippen LogP contribution in [0, 0.1) is 11.8 Å². The number of ether oxygens (including phenoxy) is 1. The Bertz CT molecular complexity index is 1200. The number of carbonyl (C=O) groups excluding carboxylic acids is 4. The number of rotatable bonds is 10. The van der Waals surface area contributed by atoms with Crippen LogP contribution in [0.5, 0.6) is 5.75 Å². The Hall–Kier alpha value is -3.27. The highest BCUT2D eigenvalue weighted by Crippen LogP contribution is 2.34. The molecule has 11 heteroatoms. The van der Waals surface area contributed by atoms with Gasteiger partial charge in [-0.3, -0.25) is 19.2 Å². The maximum Gasteiger partial charge on any atom is 0.268 e. The second-order valence-electron chi connectivity index (χ2n) is 10.4. The summed E-state index contributed by atoms with van der Waals surface area (Å²) >= 11 is 6.27. The van der Waals surface area contributed by atoms with Gasteiger partial charge in [0.25, 0.3) is 5.91 Å². The molecule has 0 radical (unpaired) electrons. The number of fused-ring (bicyclic) bond motifs is 1. The summed E-state index contributed by atoms with van der Waals surface area (Å²) in [5, 5.41) is 9.42. The van der Waals surface area contributed by atoms with Gasteiger partial charge in [-0.2, -0.15) is 0 Å². The van der Waals surface area contributed by atoms with E-state index in [9.17, 15) is 19.2 Å². The molecule has 194 valence electrons. The zero-order valence-electron chi connectivity index (χ0n) is 20.6. The van der Waals surface area contributed by atoms with E-state index in [1.165, 1.54) is 7.11 Å². The molecule has 1 aromatic heterocycles. The van der Waals surface area contributed by atoms with Crippen LogP contribution in [0.1, 0.15) is 56.4 Å². The summed E-state index contributed by atoms with van der Waals surface area (Å²) in [5.74, 6) is -1.47. The summed E-state index contributed by atoms with van der Waals surface area (Å²) < 4.78 is 5.35. The molecule has 0 bridgehead atoms. The molecule has 3 atom stereocenters. The van der Waals surface area contributed by atoms with Crippen molar-refractivity contribution < 1.29 is 23.9 Å². The maximum absolute atomic E-state index is 13.2. The number of benzene rings is 1. The van der Waals surface area contributed by atoms with E-state index < -0.39 is 35.7 Å². The summed E-state index contributed by atoms with van der Waals surface area (Å²) in [7, 11) is 1.52. The topological polar surface area (TPSA) is 155 Å². The summed E-state index contributed by atoms with van der Waals surface area (Å²) in [6, 6.07) is 3.09. The van der Waals surface area contributed by atoms with Gasteiger partial charge in [0.1, 0.15) is 23.5 Å². The van der Waals surface area contributed by atoms with Gasteiger partial charge in [0.15, 0.2) is 0 Å². The molecule has 1 saturated heterocycles. The Morgan fingerprint density at radius 2 is 1.92 bits per heavy atom. The number of aromatic amines is 1. The van der Waals surface area contributed by atoms with Crippen LogP contribution in [0.4, 0.5) is 0 Å². The first kappa shape index (κ1) is 25.8. The highest BCUT2D eigenvalue weighted by Gasteiger charge is 2.40. The molecule has 1 aliphatic heterocycles. The molecule has 1 aromatic carbocycles. The predicted molar refractivity (Wildman–Crippen MR) is 135 cm³/mol. The normalized spacial score (nSPS) is 20.4. The van der Waals surface area contributed by atoms with Crippen LogP contribution in [0.15, 0.2) is 18.2 Å². The van der Waals surface area contributed by atoms with E-state index in [4.69, 9.17) is 22.1 Å². The van der Waals surface area contributed by atoms with Crippen molar-refractivity contribution in [3.8, 4) is 5.75 Å². The number of aromatic nitrogens is 1. The predicted octanol–water partition coefficient (Wildman–Crippen LogP) is 2.00. The summed E-state index contributed by atoms with van der Waals surface area (Å²) in [4.78, 5) is 53.8. The van der Waals surface area contributed by atoms with Crippen molar-refractivity contribution in [2.75, 3.05) is 7.11 Å². The lowest BCUT2D eigenvalue weighted by molar-refractivity contribution is -0.130. The molecule has 0 spiro atoms. The fourth-order valence-corrected chi connectivity index (χ4v) is 5.01. The second-order valence-corrected chi connectivity index (χ2v) is 10.8. The van der Waals surface area contributed by atoms with Gasteiger partial charge in [0, 0.05) is 16.8 Å². The molecule has 10 nitrogen and oxygen atoms in total. The number of halogens is 1. The Kier molecular flexibility index (Phi) is 7.17. The number of nitrogens with two attached hydrogens (primary N) is 1. The number of hydrogen-bond donors (Lipinski definition) is 5. The molecule has 4 rings (SSSR count). The van der Waals surface area contributed by atoms with Gasteiger partial charge in [0.2, 0.25) is 17.7 Å². The van der Waals surface area contributed by atoms with Crippen molar-refractivity contribution in [1.82, 2.24) is 20.9 Å². The van der Waals surface area contributed by atoms with Crippen LogP contribution >= 0.6 is 11.6 Å². The van der Waals surface area contributed by atoms with Gasteiger partial charge in [0.05, 0.1) is 17.6 Å². The minimum Gasteiger partial charge on any atom is -0.496 e. The third-order valence-electron chi connectivity index (χ3n) is 6.82. The summed E-state index contributed by atoms with van der Waals surface area (Å²) in [6.45, 7) is 3.80. The molecule has 2 fully saturated rings. The lowest BCUT2D eigenvalue weighted by atomic mass is 9.91. The lowest BCUT2D eigenvalue weighted by Gasteiger charge is -2.23. The third kappa shape index (κ3) is 5.75. The van der Waals surface area contributed by atoms with Crippen molar-refractivity contribution in [2.24, 2.45) is 17.6 Å². The van der Waals surface area contributed by atoms with Crippen molar-refractivity contribution in [3.63, 3.8) is 0 Å². The Labute approximate surface area is 214 Å². The largest absolute Gasteiger partial charge is 0.496 e. The Balaban J connectivity index is 1.48. The molecule has 4 amide bonds. The first-order valence-corrected chi connectivity index (χ1v) is 12.4. The summed E-state index contributed by atoms with van der Waals surface area (Å²) in [5.41, 5.74) is 5.95. The third-order valence-corrected chi connectivity index (χ3v) is 7.14. The second kappa shape index (κ2) is 10.0. The number of methoxy groups -OCH3 is 1. The minimum absolute atomic E-state index is 0.0980. The monoisotopic (exact) mass is 517 g/mol. The van der Waals surface area contributed by atoms with Crippen LogP contribution in [-0.2, 0) is 14.4 Å². The zero-order chi connectivity index (χ0) is 26.2. The Morgan fingerprint density at radius 3 is 2.50 bits per heavy atom. The van der Waals surface area contributed by atoms with Gasteiger partial charge >= 0.3 is 0 Å². The van der Waals surface area contributed by atoms with E-state index >= 15 is 0 Å². The van der Waals surface area contributed by atoms with Gasteiger partial charge < -0.3 is 31.4 Å². The molecule has 1 aliphatic carbocycles. The number of H-pyrrole nitrogens is 1. The molecule has 2 aliphatic rings. The zero-order valence-corrected chi connectivity index (χ0v) is 21.3. The highest BCUT2D eigenvalue weighted by molar-refractivity contribution is 6.35. The average Bonchev–Trinajstić information content (AvgIpc) is 3.42. The first-order chi connectivity index (χ1) is 17.0. The molecule has 36 heavy (non-hydrogen) atoms. The quantitative estimate of drug-likeness (QED) is 0.326.